The zero-order valence-corrected chi connectivity index (χ0v) is 23.5. The third-order valence-corrected chi connectivity index (χ3v) is 7.35. The molecule has 0 unspecified atom stereocenters. The van der Waals surface area contributed by atoms with Gasteiger partial charge in [0, 0.05) is 31.2 Å². The first-order chi connectivity index (χ1) is 19.8. The van der Waals surface area contributed by atoms with E-state index >= 15 is 0 Å². The van der Waals surface area contributed by atoms with Gasteiger partial charge >= 0.3 is 6.03 Å². The summed E-state index contributed by atoms with van der Waals surface area (Å²) in [5, 5.41) is 15.6. The fourth-order valence-corrected chi connectivity index (χ4v) is 5.09. The summed E-state index contributed by atoms with van der Waals surface area (Å²) in [5.41, 5.74) is 2.43. The van der Waals surface area contributed by atoms with E-state index in [1.807, 2.05) is 57.3 Å². The first-order valence-electron chi connectivity index (χ1n) is 13.7. The molecule has 10 heteroatoms. The van der Waals surface area contributed by atoms with Crippen LogP contribution >= 0.6 is 0 Å². The molecule has 0 saturated carbocycles. The number of anilines is 2. The Balaban J connectivity index is 1.40. The van der Waals surface area contributed by atoms with Crippen LogP contribution in [0, 0.1) is 5.92 Å². The molecule has 3 N–H and O–H groups in total. The quantitative estimate of drug-likeness (QED) is 0.374. The fourth-order valence-electron chi connectivity index (χ4n) is 5.09. The molecule has 0 spiro atoms. The molecule has 41 heavy (non-hydrogen) atoms. The number of carbonyl (C=O) groups is 2. The summed E-state index contributed by atoms with van der Waals surface area (Å²) in [6.45, 7) is 5.52. The Labute approximate surface area is 239 Å². The highest BCUT2D eigenvalue weighted by Crippen LogP contribution is 2.36. The minimum Gasteiger partial charge on any atom is -0.486 e. The minimum absolute atomic E-state index is 0.0773. The largest absolute Gasteiger partial charge is 0.486 e. The van der Waals surface area contributed by atoms with Crippen molar-refractivity contribution in [2.45, 2.75) is 32.5 Å². The second kappa shape index (κ2) is 12.5. The molecule has 3 aromatic carbocycles. The first kappa shape index (κ1) is 28.3. The van der Waals surface area contributed by atoms with Crippen LogP contribution in [0.1, 0.15) is 29.8 Å². The number of nitrogens with zero attached hydrogens (tertiary/aromatic N) is 2. The molecule has 0 aromatic heterocycles. The molecule has 3 atom stereocenters. The van der Waals surface area contributed by atoms with Gasteiger partial charge < -0.3 is 34.9 Å². The van der Waals surface area contributed by atoms with Crippen molar-refractivity contribution in [3.8, 4) is 17.2 Å². The normalized spacial score (nSPS) is 18.7. The van der Waals surface area contributed by atoms with Crippen LogP contribution < -0.4 is 24.8 Å². The Kier molecular flexibility index (Phi) is 8.61. The maximum absolute atomic E-state index is 13.7. The van der Waals surface area contributed by atoms with Crippen molar-refractivity contribution in [3.63, 3.8) is 0 Å². The number of hydrogen-bond donors (Lipinski definition) is 3. The van der Waals surface area contributed by atoms with E-state index in [0.717, 1.165) is 17.1 Å². The molecule has 0 saturated heterocycles. The molecule has 0 aliphatic carbocycles. The van der Waals surface area contributed by atoms with E-state index in [0.29, 0.717) is 42.3 Å². The Morgan fingerprint density at radius 1 is 1.07 bits per heavy atom. The highest BCUT2D eigenvalue weighted by molar-refractivity contribution is 6.04. The van der Waals surface area contributed by atoms with Gasteiger partial charge in [0.05, 0.1) is 23.9 Å². The monoisotopic (exact) mass is 560 g/mol. The third-order valence-electron chi connectivity index (χ3n) is 7.35. The lowest BCUT2D eigenvalue weighted by Crippen LogP contribution is -2.49. The predicted molar refractivity (Wildman–Crippen MR) is 156 cm³/mol. The number of likely N-dealkylation sites (N-methyl/N-ethyl adjacent to an activating group) is 1. The van der Waals surface area contributed by atoms with Crippen LogP contribution in [0.4, 0.5) is 16.2 Å². The molecule has 3 amide bonds. The van der Waals surface area contributed by atoms with Crippen LogP contribution in [-0.4, -0.2) is 72.5 Å². The van der Waals surface area contributed by atoms with Gasteiger partial charge in [-0.25, -0.2) is 4.79 Å². The molecule has 0 bridgehead atoms. The van der Waals surface area contributed by atoms with Gasteiger partial charge in [-0.1, -0.05) is 37.3 Å². The van der Waals surface area contributed by atoms with E-state index in [-0.39, 0.29) is 37.4 Å². The maximum Gasteiger partial charge on any atom is 0.323 e. The number of hydrogen-bond acceptors (Lipinski definition) is 7. The highest BCUT2D eigenvalue weighted by atomic mass is 16.7. The molecule has 0 radical (unpaired) electrons. The molecule has 216 valence electrons. The number of fused-ring (bicyclic) bond motifs is 2. The molecule has 0 fully saturated rings. The molecular weight excluding hydrogens is 524 g/mol. The van der Waals surface area contributed by atoms with Crippen LogP contribution in [0.25, 0.3) is 0 Å². The van der Waals surface area contributed by atoms with Crippen molar-refractivity contribution in [2.24, 2.45) is 5.92 Å². The minimum atomic E-state index is -0.451. The van der Waals surface area contributed by atoms with Crippen molar-refractivity contribution in [3.05, 3.63) is 77.9 Å². The Bertz CT molecular complexity index is 1380. The number of para-hydroxylation sites is 2. The smallest absolute Gasteiger partial charge is 0.323 e. The lowest BCUT2D eigenvalue weighted by atomic mass is 9.99. The van der Waals surface area contributed by atoms with Crippen LogP contribution in [0.15, 0.2) is 66.7 Å². The summed E-state index contributed by atoms with van der Waals surface area (Å²) >= 11 is 0. The second-order valence-electron chi connectivity index (χ2n) is 10.6. The standard InChI is InChI=1S/C31H36N4O6/c1-20-15-35(21(2)18-36)30(37)24-10-7-11-25(33-31(38)32-23-8-5-4-6-9-23)29(24)41-28(20)17-34(3)16-22-12-13-26-27(14-22)40-19-39-26/h4-14,20-21,28,36H,15-19H2,1-3H3,(H2,32,33,38)/t20-,21-,28+/m0/s1. The molecule has 2 aliphatic heterocycles. The molecule has 2 heterocycles. The van der Waals surface area contributed by atoms with Gasteiger partial charge in [-0.3, -0.25) is 9.69 Å². The number of ether oxygens (including phenoxy) is 3. The summed E-state index contributed by atoms with van der Waals surface area (Å²) in [4.78, 5) is 30.4. The Morgan fingerprint density at radius 2 is 1.85 bits per heavy atom. The lowest BCUT2D eigenvalue weighted by Gasteiger charge is -2.38. The average Bonchev–Trinajstić information content (AvgIpc) is 3.43. The third kappa shape index (κ3) is 6.55. The number of aliphatic hydroxyl groups excluding tert-OH is 1. The summed E-state index contributed by atoms with van der Waals surface area (Å²) in [7, 11) is 2.01. The molecule has 10 nitrogen and oxygen atoms in total. The summed E-state index contributed by atoms with van der Waals surface area (Å²) < 4.78 is 17.6. The Hall–Kier alpha value is -4.28. The number of urea groups is 1. The van der Waals surface area contributed by atoms with Gasteiger partial charge in [0.25, 0.3) is 5.91 Å². The van der Waals surface area contributed by atoms with Crippen molar-refractivity contribution < 1.29 is 28.9 Å². The van der Waals surface area contributed by atoms with Crippen LogP contribution in [-0.2, 0) is 6.54 Å². The first-order valence-corrected chi connectivity index (χ1v) is 13.7. The van der Waals surface area contributed by atoms with E-state index in [1.54, 1.807) is 35.2 Å². The highest BCUT2D eigenvalue weighted by Gasteiger charge is 2.34. The molecule has 5 rings (SSSR count). The van der Waals surface area contributed by atoms with Crippen LogP contribution in [0.5, 0.6) is 17.2 Å². The maximum atomic E-state index is 13.7. The molecule has 2 aliphatic rings. The van der Waals surface area contributed by atoms with Crippen molar-refractivity contribution in [2.75, 3.05) is 44.2 Å². The SMILES string of the molecule is C[C@H]1CN([C@@H](C)CO)C(=O)c2cccc(NC(=O)Nc3ccccc3)c2O[C@@H]1CN(C)Cc1ccc2c(c1)OCO2. The number of amides is 3. The van der Waals surface area contributed by atoms with E-state index in [9.17, 15) is 14.7 Å². The molecule has 3 aromatic rings. The zero-order valence-electron chi connectivity index (χ0n) is 23.5. The Morgan fingerprint density at radius 3 is 2.63 bits per heavy atom. The van der Waals surface area contributed by atoms with Gasteiger partial charge in [0.15, 0.2) is 17.2 Å². The van der Waals surface area contributed by atoms with Gasteiger partial charge in [-0.2, -0.15) is 0 Å². The number of nitrogens with one attached hydrogen (secondary N) is 2. The van der Waals surface area contributed by atoms with E-state index in [1.165, 1.54) is 0 Å². The van der Waals surface area contributed by atoms with Gasteiger partial charge in [0.1, 0.15) is 6.10 Å². The number of benzene rings is 3. The zero-order chi connectivity index (χ0) is 28.9. The predicted octanol–water partition coefficient (Wildman–Crippen LogP) is 4.41. The van der Waals surface area contributed by atoms with E-state index < -0.39 is 6.03 Å². The van der Waals surface area contributed by atoms with Crippen LogP contribution in [0.2, 0.25) is 0 Å². The van der Waals surface area contributed by atoms with Crippen molar-refractivity contribution in [1.82, 2.24) is 9.80 Å². The van der Waals surface area contributed by atoms with Gasteiger partial charge in [-0.15, -0.1) is 0 Å². The second-order valence-corrected chi connectivity index (χ2v) is 10.6. The van der Waals surface area contributed by atoms with Crippen molar-refractivity contribution >= 4 is 23.3 Å². The van der Waals surface area contributed by atoms with Crippen LogP contribution in [0.3, 0.4) is 0 Å². The van der Waals surface area contributed by atoms with Gasteiger partial charge in [0.2, 0.25) is 6.79 Å². The summed E-state index contributed by atoms with van der Waals surface area (Å²) in [6, 6.07) is 19.3. The number of carbonyl (C=O) groups excluding carboxylic acids is 2. The summed E-state index contributed by atoms with van der Waals surface area (Å²) in [5.74, 6) is 1.45. The summed E-state index contributed by atoms with van der Waals surface area (Å²) in [6.07, 6.45) is -0.325. The van der Waals surface area contributed by atoms with E-state index in [2.05, 4.69) is 15.5 Å². The number of aliphatic hydroxyl groups is 1. The number of rotatable bonds is 8. The fraction of sp³-hybridized carbons (Fsp3) is 0.355. The van der Waals surface area contributed by atoms with Gasteiger partial charge in [-0.05, 0) is 55.9 Å². The van der Waals surface area contributed by atoms with Crippen molar-refractivity contribution in [1.29, 1.82) is 0 Å². The van der Waals surface area contributed by atoms with E-state index in [4.69, 9.17) is 14.2 Å². The molecular formula is C31H36N4O6. The topological polar surface area (TPSA) is 113 Å². The lowest BCUT2D eigenvalue weighted by molar-refractivity contribution is 0.0343. The average molecular weight is 561 g/mol.